The SMILES string of the molecule is Cc1oc(-c2ccoc2)nc1CN1CCCC(c2nc3ccccc3o2)C1. The number of hydrogen-bond acceptors (Lipinski definition) is 6. The topological polar surface area (TPSA) is 68.4 Å². The minimum atomic E-state index is 0.312. The Hall–Kier alpha value is -2.86. The predicted molar refractivity (Wildman–Crippen MR) is 100 cm³/mol. The van der Waals surface area contributed by atoms with Crippen molar-refractivity contribution in [2.45, 2.75) is 32.2 Å². The second-order valence-electron chi connectivity index (χ2n) is 7.13. The molecule has 138 valence electrons. The minimum absolute atomic E-state index is 0.312. The van der Waals surface area contributed by atoms with Gasteiger partial charge in [-0.3, -0.25) is 4.90 Å². The first kappa shape index (κ1) is 16.3. The molecule has 4 aromatic rings. The first-order valence-corrected chi connectivity index (χ1v) is 9.33. The number of oxazole rings is 2. The third kappa shape index (κ3) is 3.17. The summed E-state index contributed by atoms with van der Waals surface area (Å²) in [5, 5.41) is 0. The van der Waals surface area contributed by atoms with Gasteiger partial charge in [0.25, 0.3) is 0 Å². The van der Waals surface area contributed by atoms with Crippen molar-refractivity contribution in [2.24, 2.45) is 0 Å². The first-order chi connectivity index (χ1) is 13.3. The first-order valence-electron chi connectivity index (χ1n) is 9.33. The van der Waals surface area contributed by atoms with Crippen molar-refractivity contribution in [1.82, 2.24) is 14.9 Å². The zero-order valence-electron chi connectivity index (χ0n) is 15.2. The predicted octanol–water partition coefficient (Wildman–Crippen LogP) is 4.76. The molecular weight excluding hydrogens is 342 g/mol. The molecule has 0 N–H and O–H groups in total. The van der Waals surface area contributed by atoms with E-state index >= 15 is 0 Å². The van der Waals surface area contributed by atoms with E-state index in [1.165, 1.54) is 0 Å². The van der Waals surface area contributed by atoms with E-state index in [-0.39, 0.29) is 0 Å². The molecule has 5 rings (SSSR count). The summed E-state index contributed by atoms with van der Waals surface area (Å²) in [5.74, 6) is 2.63. The number of nitrogens with zero attached hydrogens (tertiary/aromatic N) is 3. The molecule has 0 radical (unpaired) electrons. The van der Waals surface area contributed by atoms with Crippen molar-refractivity contribution in [3.05, 3.63) is 60.2 Å². The molecule has 4 heterocycles. The maximum Gasteiger partial charge on any atom is 0.229 e. The molecule has 1 aliphatic rings. The van der Waals surface area contributed by atoms with Gasteiger partial charge in [0, 0.05) is 19.0 Å². The van der Waals surface area contributed by atoms with Gasteiger partial charge in [0.15, 0.2) is 11.5 Å². The Kier molecular flexibility index (Phi) is 4.05. The van der Waals surface area contributed by atoms with Crippen molar-refractivity contribution >= 4 is 11.1 Å². The largest absolute Gasteiger partial charge is 0.472 e. The fraction of sp³-hybridized carbons (Fsp3) is 0.333. The van der Waals surface area contributed by atoms with Gasteiger partial charge in [-0.25, -0.2) is 9.97 Å². The molecule has 27 heavy (non-hydrogen) atoms. The Morgan fingerprint density at radius 1 is 1.15 bits per heavy atom. The Morgan fingerprint density at radius 2 is 2.07 bits per heavy atom. The monoisotopic (exact) mass is 363 g/mol. The molecule has 0 spiro atoms. The molecule has 6 heteroatoms. The van der Waals surface area contributed by atoms with Gasteiger partial charge in [-0.2, -0.15) is 0 Å². The summed E-state index contributed by atoms with van der Waals surface area (Å²) in [6.07, 6.45) is 5.50. The molecular formula is C21H21N3O3. The number of fused-ring (bicyclic) bond motifs is 1. The van der Waals surface area contributed by atoms with Crippen molar-refractivity contribution in [2.75, 3.05) is 13.1 Å². The highest BCUT2D eigenvalue weighted by Crippen LogP contribution is 2.30. The van der Waals surface area contributed by atoms with Gasteiger partial charge < -0.3 is 13.3 Å². The number of rotatable bonds is 4. The Balaban J connectivity index is 1.33. The number of likely N-dealkylation sites (tertiary alicyclic amines) is 1. The lowest BCUT2D eigenvalue weighted by Gasteiger charge is -2.30. The van der Waals surface area contributed by atoms with E-state index in [0.29, 0.717) is 11.8 Å². The zero-order chi connectivity index (χ0) is 18.2. The average molecular weight is 363 g/mol. The van der Waals surface area contributed by atoms with E-state index in [9.17, 15) is 0 Å². The second kappa shape index (κ2) is 6.70. The van der Waals surface area contributed by atoms with E-state index in [1.807, 2.05) is 37.3 Å². The highest BCUT2D eigenvalue weighted by atomic mass is 16.4. The van der Waals surface area contributed by atoms with Crippen LogP contribution in [0.2, 0.25) is 0 Å². The van der Waals surface area contributed by atoms with Gasteiger partial charge in [-0.1, -0.05) is 12.1 Å². The summed E-state index contributed by atoms with van der Waals surface area (Å²) in [5.41, 5.74) is 3.64. The summed E-state index contributed by atoms with van der Waals surface area (Å²) in [4.78, 5) is 11.8. The summed E-state index contributed by atoms with van der Waals surface area (Å²) >= 11 is 0. The van der Waals surface area contributed by atoms with E-state index in [4.69, 9.17) is 18.2 Å². The van der Waals surface area contributed by atoms with Crippen LogP contribution in [0, 0.1) is 6.92 Å². The van der Waals surface area contributed by atoms with Crippen molar-refractivity contribution in [3.8, 4) is 11.5 Å². The molecule has 0 aliphatic carbocycles. The summed E-state index contributed by atoms with van der Waals surface area (Å²) in [6, 6.07) is 9.81. The van der Waals surface area contributed by atoms with Crippen molar-refractivity contribution < 1.29 is 13.3 Å². The zero-order valence-corrected chi connectivity index (χ0v) is 15.2. The van der Waals surface area contributed by atoms with Crippen LogP contribution in [0.15, 0.2) is 56.1 Å². The summed E-state index contributed by atoms with van der Waals surface area (Å²) in [6.45, 7) is 4.70. The molecule has 3 aromatic heterocycles. The van der Waals surface area contributed by atoms with Crippen LogP contribution in [0.25, 0.3) is 22.6 Å². The molecule has 1 atom stereocenters. The number of piperidine rings is 1. The maximum absolute atomic E-state index is 6.00. The van der Waals surface area contributed by atoms with Crippen molar-refractivity contribution in [1.29, 1.82) is 0 Å². The number of hydrogen-bond donors (Lipinski definition) is 0. The Labute approximate surface area is 156 Å². The molecule has 0 amide bonds. The van der Waals surface area contributed by atoms with Gasteiger partial charge in [-0.05, 0) is 44.5 Å². The van der Waals surface area contributed by atoms with Gasteiger partial charge >= 0.3 is 0 Å². The highest BCUT2D eigenvalue weighted by molar-refractivity contribution is 5.72. The van der Waals surface area contributed by atoms with Crippen LogP contribution in [0.3, 0.4) is 0 Å². The van der Waals surface area contributed by atoms with Crippen LogP contribution in [0.4, 0.5) is 0 Å². The summed E-state index contributed by atoms with van der Waals surface area (Å²) in [7, 11) is 0. The lowest BCUT2D eigenvalue weighted by atomic mass is 9.98. The van der Waals surface area contributed by atoms with E-state index in [0.717, 1.165) is 66.5 Å². The third-order valence-corrected chi connectivity index (χ3v) is 5.20. The van der Waals surface area contributed by atoms with Crippen LogP contribution in [-0.2, 0) is 6.54 Å². The number of aryl methyl sites for hydroxylation is 1. The second-order valence-corrected chi connectivity index (χ2v) is 7.13. The van der Waals surface area contributed by atoms with Gasteiger partial charge in [0.2, 0.25) is 5.89 Å². The fourth-order valence-corrected chi connectivity index (χ4v) is 3.76. The highest BCUT2D eigenvalue weighted by Gasteiger charge is 2.26. The number of para-hydroxylation sites is 2. The Bertz CT molecular complexity index is 1010. The smallest absolute Gasteiger partial charge is 0.229 e. The van der Waals surface area contributed by atoms with Crippen molar-refractivity contribution in [3.63, 3.8) is 0 Å². The fourth-order valence-electron chi connectivity index (χ4n) is 3.76. The molecule has 0 saturated carbocycles. The molecule has 1 fully saturated rings. The third-order valence-electron chi connectivity index (χ3n) is 5.20. The number of aromatic nitrogens is 2. The number of benzene rings is 1. The lowest BCUT2D eigenvalue weighted by molar-refractivity contribution is 0.185. The molecule has 1 unspecified atom stereocenters. The minimum Gasteiger partial charge on any atom is -0.472 e. The van der Waals surface area contributed by atoms with Crippen LogP contribution < -0.4 is 0 Å². The molecule has 1 saturated heterocycles. The molecule has 0 bridgehead atoms. The molecule has 1 aliphatic heterocycles. The molecule has 1 aromatic carbocycles. The van der Waals surface area contributed by atoms with Gasteiger partial charge in [-0.15, -0.1) is 0 Å². The van der Waals surface area contributed by atoms with E-state index in [2.05, 4.69) is 9.88 Å². The van der Waals surface area contributed by atoms with Gasteiger partial charge in [0.1, 0.15) is 17.5 Å². The van der Waals surface area contributed by atoms with Gasteiger partial charge in [0.05, 0.1) is 17.5 Å². The van der Waals surface area contributed by atoms with Crippen LogP contribution >= 0.6 is 0 Å². The van der Waals surface area contributed by atoms with E-state index in [1.54, 1.807) is 12.5 Å². The standard InChI is InChI=1S/C21H21N3O3/c1-14-18(23-21(26-14)16-8-10-25-13-16)12-24-9-4-5-15(11-24)20-22-17-6-2-3-7-19(17)27-20/h2-3,6-8,10,13,15H,4-5,9,11-12H2,1H3. The van der Waals surface area contributed by atoms with E-state index < -0.39 is 0 Å². The number of furan rings is 1. The quantitative estimate of drug-likeness (QED) is 0.520. The van der Waals surface area contributed by atoms with Crippen LogP contribution in [-0.4, -0.2) is 28.0 Å². The average Bonchev–Trinajstić information content (AvgIpc) is 3.42. The van der Waals surface area contributed by atoms with Crippen LogP contribution in [0.5, 0.6) is 0 Å². The molecule has 6 nitrogen and oxygen atoms in total. The van der Waals surface area contributed by atoms with Crippen LogP contribution in [0.1, 0.15) is 36.1 Å². The summed E-state index contributed by atoms with van der Waals surface area (Å²) < 4.78 is 17.0. The Morgan fingerprint density at radius 3 is 2.93 bits per heavy atom. The normalized spacial score (nSPS) is 18.3. The lowest BCUT2D eigenvalue weighted by Crippen LogP contribution is -2.34. The maximum atomic E-state index is 6.00.